The van der Waals surface area contributed by atoms with Crippen molar-refractivity contribution in [1.29, 1.82) is 0 Å². The third-order valence-corrected chi connectivity index (χ3v) is 2.99. The van der Waals surface area contributed by atoms with E-state index in [0.717, 1.165) is 24.0 Å². The fraction of sp³-hybridized carbons (Fsp3) is 0.500. The van der Waals surface area contributed by atoms with Crippen LogP contribution in [0, 0.1) is 10.1 Å². The van der Waals surface area contributed by atoms with Crippen LogP contribution in [0.25, 0.3) is 0 Å². The van der Waals surface area contributed by atoms with Crippen molar-refractivity contribution in [3.8, 4) is 0 Å². The molecule has 1 aromatic rings. The van der Waals surface area contributed by atoms with Gasteiger partial charge in [-0.05, 0) is 24.2 Å². The average molecular weight is 243 g/mol. The van der Waals surface area contributed by atoms with Crippen molar-refractivity contribution in [2.45, 2.75) is 18.9 Å². The Morgan fingerprint density at radius 3 is 3.12 bits per heavy atom. The summed E-state index contributed by atoms with van der Waals surface area (Å²) in [5.41, 5.74) is 0. The van der Waals surface area contributed by atoms with E-state index in [2.05, 4.69) is 10.3 Å². The van der Waals surface area contributed by atoms with E-state index in [0.29, 0.717) is 13.0 Å². The van der Waals surface area contributed by atoms with E-state index in [9.17, 15) is 14.9 Å². The van der Waals surface area contributed by atoms with Crippen LogP contribution in [0.5, 0.6) is 0 Å². The van der Waals surface area contributed by atoms with E-state index in [1.807, 2.05) is 0 Å². The summed E-state index contributed by atoms with van der Waals surface area (Å²) in [6.07, 6.45) is 2.20. The van der Waals surface area contributed by atoms with Crippen LogP contribution in [0.1, 0.15) is 12.8 Å². The molecule has 0 bridgehead atoms. The summed E-state index contributed by atoms with van der Waals surface area (Å²) in [5.74, 6) is -0.290. The van der Waals surface area contributed by atoms with Crippen LogP contribution in [-0.4, -0.2) is 28.5 Å². The summed E-state index contributed by atoms with van der Waals surface area (Å²) < 4.78 is 5.17. The first-order valence-corrected chi connectivity index (χ1v) is 5.51. The average Bonchev–Trinajstić information content (AvgIpc) is 2.87. The Bertz CT molecular complexity index is 413. The predicted molar refractivity (Wildman–Crippen MR) is 56.4 cm³/mol. The van der Waals surface area contributed by atoms with Crippen LogP contribution in [0.15, 0.2) is 6.20 Å². The predicted octanol–water partition coefficient (Wildman–Crippen LogP) is 1.17. The molecule has 8 heteroatoms. The Balaban J connectivity index is 1.97. The maximum atomic E-state index is 11.6. The minimum absolute atomic E-state index is 0.0948. The first-order valence-electron chi connectivity index (χ1n) is 4.69. The highest BCUT2D eigenvalue weighted by Crippen LogP contribution is 2.25. The largest absolute Gasteiger partial charge is 0.368 e. The summed E-state index contributed by atoms with van der Waals surface area (Å²) in [4.78, 5) is 25.1. The molecule has 16 heavy (non-hydrogen) atoms. The lowest BCUT2D eigenvalue weighted by Gasteiger charge is -2.07. The van der Waals surface area contributed by atoms with Gasteiger partial charge in [0.05, 0.1) is 4.92 Å². The molecule has 86 valence electrons. The third-order valence-electron chi connectivity index (χ3n) is 2.13. The van der Waals surface area contributed by atoms with Crippen LogP contribution >= 0.6 is 11.3 Å². The number of ether oxygens (including phenoxy) is 1. The number of anilines is 1. The summed E-state index contributed by atoms with van der Waals surface area (Å²) in [6, 6.07) is 0. The normalized spacial score (nSPS) is 19.6. The number of carbonyl (C=O) groups is 1. The zero-order valence-electron chi connectivity index (χ0n) is 8.21. The van der Waals surface area contributed by atoms with E-state index in [4.69, 9.17) is 4.74 Å². The van der Waals surface area contributed by atoms with Gasteiger partial charge in [-0.2, -0.15) is 0 Å². The Labute approximate surface area is 94.6 Å². The fourth-order valence-corrected chi connectivity index (χ4v) is 2.01. The summed E-state index contributed by atoms with van der Waals surface area (Å²) in [6.45, 7) is 0.579. The zero-order chi connectivity index (χ0) is 11.5. The molecule has 1 atom stereocenters. The number of amides is 1. The minimum atomic E-state index is -0.542. The lowest BCUT2D eigenvalue weighted by atomic mass is 10.2. The monoisotopic (exact) mass is 243 g/mol. The van der Waals surface area contributed by atoms with Crippen molar-refractivity contribution in [2.24, 2.45) is 0 Å². The number of thiazole rings is 1. The Hall–Kier alpha value is -1.54. The lowest BCUT2D eigenvalue weighted by molar-refractivity contribution is -0.380. The van der Waals surface area contributed by atoms with Gasteiger partial charge in [0.2, 0.25) is 0 Å². The van der Waals surface area contributed by atoms with Crippen molar-refractivity contribution in [2.75, 3.05) is 11.9 Å². The molecule has 0 spiro atoms. The molecule has 1 fully saturated rings. The molecule has 0 saturated carbocycles. The number of nitrogens with one attached hydrogen (secondary N) is 1. The van der Waals surface area contributed by atoms with Gasteiger partial charge in [-0.3, -0.25) is 20.2 Å². The van der Waals surface area contributed by atoms with E-state index in [1.165, 1.54) is 0 Å². The lowest BCUT2D eigenvalue weighted by Crippen LogP contribution is -2.26. The second kappa shape index (κ2) is 4.54. The van der Waals surface area contributed by atoms with Crippen LogP contribution < -0.4 is 5.32 Å². The molecular weight excluding hydrogens is 234 g/mol. The molecule has 0 unspecified atom stereocenters. The van der Waals surface area contributed by atoms with Gasteiger partial charge in [-0.1, -0.05) is 0 Å². The number of nitrogens with zero attached hydrogens (tertiary/aromatic N) is 2. The highest BCUT2D eigenvalue weighted by molar-refractivity contribution is 7.18. The molecule has 0 aliphatic carbocycles. The SMILES string of the molecule is O=C(Nc1ncc([N+](=O)[O-])s1)[C@@H]1CCCO1. The smallest absolute Gasteiger partial charge is 0.345 e. The molecule has 2 rings (SSSR count). The van der Waals surface area contributed by atoms with Crippen LogP contribution in [0.4, 0.5) is 10.1 Å². The molecule has 0 radical (unpaired) electrons. The van der Waals surface area contributed by atoms with Crippen LogP contribution in [0.2, 0.25) is 0 Å². The van der Waals surface area contributed by atoms with Gasteiger partial charge in [-0.15, -0.1) is 0 Å². The molecule has 1 aliphatic rings. The van der Waals surface area contributed by atoms with Gasteiger partial charge in [0.1, 0.15) is 12.3 Å². The maximum Gasteiger partial charge on any atom is 0.345 e. The zero-order valence-corrected chi connectivity index (χ0v) is 9.03. The van der Waals surface area contributed by atoms with Crippen LogP contribution in [-0.2, 0) is 9.53 Å². The minimum Gasteiger partial charge on any atom is -0.368 e. The third kappa shape index (κ3) is 2.34. The standard InChI is InChI=1S/C8H9N3O4S/c12-7(5-2-1-3-15-5)10-8-9-4-6(16-8)11(13)14/h4-5H,1-3H2,(H,9,10,12)/t5-/m0/s1. The quantitative estimate of drug-likeness (QED) is 0.635. The van der Waals surface area contributed by atoms with Crippen molar-refractivity contribution in [1.82, 2.24) is 4.98 Å². The van der Waals surface area contributed by atoms with Gasteiger partial charge < -0.3 is 4.74 Å². The van der Waals surface area contributed by atoms with E-state index < -0.39 is 11.0 Å². The highest BCUT2D eigenvalue weighted by Gasteiger charge is 2.24. The Morgan fingerprint density at radius 1 is 1.75 bits per heavy atom. The van der Waals surface area contributed by atoms with Crippen molar-refractivity contribution in [3.63, 3.8) is 0 Å². The Morgan fingerprint density at radius 2 is 2.56 bits per heavy atom. The van der Waals surface area contributed by atoms with Crippen molar-refractivity contribution >= 4 is 27.4 Å². The number of rotatable bonds is 3. The number of hydrogen-bond donors (Lipinski definition) is 1. The van der Waals surface area contributed by atoms with E-state index >= 15 is 0 Å². The summed E-state index contributed by atoms with van der Waals surface area (Å²) in [7, 11) is 0. The second-order valence-corrected chi connectivity index (χ2v) is 4.26. The molecule has 1 aromatic heterocycles. The van der Waals surface area contributed by atoms with Crippen molar-refractivity contribution < 1.29 is 14.5 Å². The molecule has 1 N–H and O–H groups in total. The molecule has 1 saturated heterocycles. The topological polar surface area (TPSA) is 94.4 Å². The molecule has 7 nitrogen and oxygen atoms in total. The molecule has 1 aliphatic heterocycles. The highest BCUT2D eigenvalue weighted by atomic mass is 32.1. The second-order valence-electron chi connectivity index (χ2n) is 3.25. The molecular formula is C8H9N3O4S. The van der Waals surface area contributed by atoms with Crippen LogP contribution in [0.3, 0.4) is 0 Å². The number of aromatic nitrogens is 1. The van der Waals surface area contributed by atoms with Gasteiger partial charge in [0.25, 0.3) is 5.91 Å². The van der Waals surface area contributed by atoms with E-state index in [-0.39, 0.29) is 16.0 Å². The number of nitro groups is 1. The Kier molecular flexibility index (Phi) is 3.11. The van der Waals surface area contributed by atoms with Gasteiger partial charge in [-0.25, -0.2) is 4.98 Å². The van der Waals surface area contributed by atoms with Gasteiger partial charge in [0.15, 0.2) is 5.13 Å². The molecule has 2 heterocycles. The maximum absolute atomic E-state index is 11.6. The van der Waals surface area contributed by atoms with Gasteiger partial charge >= 0.3 is 5.00 Å². The number of carbonyl (C=O) groups excluding carboxylic acids is 1. The number of hydrogen-bond acceptors (Lipinski definition) is 6. The first kappa shape index (κ1) is 11.0. The summed E-state index contributed by atoms with van der Waals surface area (Å²) >= 11 is 0.830. The first-order chi connectivity index (χ1) is 7.66. The van der Waals surface area contributed by atoms with Crippen molar-refractivity contribution in [3.05, 3.63) is 16.3 Å². The summed E-state index contributed by atoms with van der Waals surface area (Å²) in [5, 5.41) is 13.0. The molecule has 0 aromatic carbocycles. The van der Waals surface area contributed by atoms with E-state index in [1.54, 1.807) is 0 Å². The molecule has 1 amide bonds. The fourth-order valence-electron chi connectivity index (χ4n) is 1.38. The van der Waals surface area contributed by atoms with Gasteiger partial charge in [0, 0.05) is 6.61 Å².